The topological polar surface area (TPSA) is 84.5 Å². The smallest absolute Gasteiger partial charge is 0.228 e. The average molecular weight is 407 g/mol. The van der Waals surface area contributed by atoms with Gasteiger partial charge < -0.3 is 15.5 Å². The third kappa shape index (κ3) is 3.48. The standard InChI is InChI=1S/C19H20F3N5O2/c1-10-7-27-16(15(6-24-27)26-8-12(23)5-18(26)29)9-25(10)17(28)4-11-2-13(20)19(22)14(21)3-11/h2-3,6,10,12H,4-5,7-9,23H2,1H3/t10-,12?/m0/s1. The highest BCUT2D eigenvalue weighted by molar-refractivity contribution is 5.96. The average Bonchev–Trinajstić information content (AvgIpc) is 3.20. The molecule has 2 amide bonds. The molecule has 0 aliphatic carbocycles. The third-order valence-electron chi connectivity index (χ3n) is 5.38. The van der Waals surface area contributed by atoms with E-state index in [0.717, 1.165) is 12.1 Å². The first kappa shape index (κ1) is 19.4. The van der Waals surface area contributed by atoms with Crippen molar-refractivity contribution in [3.8, 4) is 0 Å². The van der Waals surface area contributed by atoms with Gasteiger partial charge in [-0.1, -0.05) is 0 Å². The Labute approximate surface area is 164 Å². The molecule has 1 fully saturated rings. The van der Waals surface area contributed by atoms with Crippen molar-refractivity contribution in [2.24, 2.45) is 5.73 Å². The molecule has 2 aliphatic rings. The predicted octanol–water partition coefficient (Wildman–Crippen LogP) is 1.34. The van der Waals surface area contributed by atoms with Crippen LogP contribution in [0.3, 0.4) is 0 Å². The summed E-state index contributed by atoms with van der Waals surface area (Å²) in [7, 11) is 0. The summed E-state index contributed by atoms with van der Waals surface area (Å²) in [6.07, 6.45) is 1.58. The minimum atomic E-state index is -1.56. The molecule has 2 atom stereocenters. The maximum Gasteiger partial charge on any atom is 0.228 e. The largest absolute Gasteiger partial charge is 0.332 e. The molecule has 4 rings (SSSR count). The Morgan fingerprint density at radius 2 is 1.93 bits per heavy atom. The van der Waals surface area contributed by atoms with Crippen LogP contribution in [0, 0.1) is 17.5 Å². The summed E-state index contributed by atoms with van der Waals surface area (Å²) in [5.41, 5.74) is 7.25. The van der Waals surface area contributed by atoms with Gasteiger partial charge in [-0.05, 0) is 24.6 Å². The fraction of sp³-hybridized carbons (Fsp3) is 0.421. The number of halogens is 3. The molecule has 1 aromatic heterocycles. The lowest BCUT2D eigenvalue weighted by molar-refractivity contribution is -0.134. The van der Waals surface area contributed by atoms with Crippen molar-refractivity contribution in [3.05, 3.63) is 47.0 Å². The van der Waals surface area contributed by atoms with Crippen molar-refractivity contribution in [3.63, 3.8) is 0 Å². The number of benzene rings is 1. The number of anilines is 1. The second-order valence-electron chi connectivity index (χ2n) is 7.55. The summed E-state index contributed by atoms with van der Waals surface area (Å²) in [5.74, 6) is -4.67. The number of hydrogen-bond donors (Lipinski definition) is 1. The van der Waals surface area contributed by atoms with Crippen LogP contribution in [0.1, 0.15) is 24.6 Å². The third-order valence-corrected chi connectivity index (χ3v) is 5.38. The van der Waals surface area contributed by atoms with E-state index in [-0.39, 0.29) is 48.8 Å². The molecule has 154 valence electrons. The van der Waals surface area contributed by atoms with Crippen LogP contribution in [0.25, 0.3) is 0 Å². The van der Waals surface area contributed by atoms with Gasteiger partial charge in [-0.25, -0.2) is 13.2 Å². The van der Waals surface area contributed by atoms with Crippen molar-refractivity contribution in [1.29, 1.82) is 0 Å². The van der Waals surface area contributed by atoms with Crippen LogP contribution in [-0.2, 0) is 29.1 Å². The first-order chi connectivity index (χ1) is 13.7. The second kappa shape index (κ2) is 7.18. The summed E-state index contributed by atoms with van der Waals surface area (Å²) in [4.78, 5) is 28.2. The molecule has 1 saturated heterocycles. The highest BCUT2D eigenvalue weighted by Gasteiger charge is 2.35. The molecule has 2 N–H and O–H groups in total. The molecule has 10 heteroatoms. The Morgan fingerprint density at radius 3 is 2.55 bits per heavy atom. The van der Waals surface area contributed by atoms with Gasteiger partial charge in [0.25, 0.3) is 0 Å². The molecular weight excluding hydrogens is 387 g/mol. The summed E-state index contributed by atoms with van der Waals surface area (Å²) < 4.78 is 41.8. The monoisotopic (exact) mass is 407 g/mol. The van der Waals surface area contributed by atoms with E-state index in [1.165, 1.54) is 0 Å². The fourth-order valence-electron chi connectivity index (χ4n) is 3.90. The normalized spacial score (nSPS) is 21.6. The quantitative estimate of drug-likeness (QED) is 0.779. The maximum absolute atomic E-state index is 13.5. The van der Waals surface area contributed by atoms with Gasteiger partial charge in [0.15, 0.2) is 17.5 Å². The number of hydrogen-bond acceptors (Lipinski definition) is 4. The summed E-state index contributed by atoms with van der Waals surface area (Å²) >= 11 is 0. The van der Waals surface area contributed by atoms with Crippen LogP contribution in [0.15, 0.2) is 18.3 Å². The first-order valence-corrected chi connectivity index (χ1v) is 9.28. The number of fused-ring (bicyclic) bond motifs is 1. The molecule has 0 spiro atoms. The Hall–Kier alpha value is -2.88. The van der Waals surface area contributed by atoms with Gasteiger partial charge in [0, 0.05) is 25.0 Å². The summed E-state index contributed by atoms with van der Waals surface area (Å²) in [5, 5.41) is 4.33. The fourth-order valence-corrected chi connectivity index (χ4v) is 3.90. The Kier molecular flexibility index (Phi) is 4.81. The van der Waals surface area contributed by atoms with Gasteiger partial charge in [0.05, 0.1) is 37.1 Å². The Morgan fingerprint density at radius 1 is 1.24 bits per heavy atom. The van der Waals surface area contributed by atoms with E-state index in [4.69, 9.17) is 5.73 Å². The van der Waals surface area contributed by atoms with Crippen molar-refractivity contribution >= 4 is 17.5 Å². The molecule has 0 radical (unpaired) electrons. The van der Waals surface area contributed by atoms with Gasteiger partial charge >= 0.3 is 0 Å². The molecule has 29 heavy (non-hydrogen) atoms. The summed E-state index contributed by atoms with van der Waals surface area (Å²) in [6.45, 7) is 2.84. The number of carbonyl (C=O) groups is 2. The van der Waals surface area contributed by atoms with E-state index in [1.54, 1.807) is 20.7 Å². The molecule has 0 bridgehead atoms. The molecular formula is C19H20F3N5O2. The van der Waals surface area contributed by atoms with Gasteiger partial charge in [-0.2, -0.15) is 5.10 Å². The van der Waals surface area contributed by atoms with Crippen LogP contribution in [0.4, 0.5) is 18.9 Å². The molecule has 1 unspecified atom stereocenters. The van der Waals surface area contributed by atoms with Gasteiger partial charge in [0.2, 0.25) is 11.8 Å². The highest BCUT2D eigenvalue weighted by atomic mass is 19.2. The van der Waals surface area contributed by atoms with Crippen LogP contribution in [-0.4, -0.2) is 45.1 Å². The van der Waals surface area contributed by atoms with Gasteiger partial charge in [-0.3, -0.25) is 14.3 Å². The Bertz CT molecular complexity index is 969. The molecule has 2 aromatic rings. The molecule has 1 aromatic carbocycles. The zero-order chi connectivity index (χ0) is 20.9. The molecule has 3 heterocycles. The number of rotatable bonds is 3. The van der Waals surface area contributed by atoms with Crippen LogP contribution >= 0.6 is 0 Å². The van der Waals surface area contributed by atoms with Crippen molar-refractivity contribution in [1.82, 2.24) is 14.7 Å². The first-order valence-electron chi connectivity index (χ1n) is 9.28. The number of amides is 2. The number of nitrogens with two attached hydrogens (primary N) is 1. The van der Waals surface area contributed by atoms with E-state index in [9.17, 15) is 22.8 Å². The highest BCUT2D eigenvalue weighted by Crippen LogP contribution is 2.30. The van der Waals surface area contributed by atoms with E-state index >= 15 is 0 Å². The van der Waals surface area contributed by atoms with Gasteiger partial charge in [0.1, 0.15) is 0 Å². The zero-order valence-corrected chi connectivity index (χ0v) is 15.7. The zero-order valence-electron chi connectivity index (χ0n) is 15.7. The Balaban J connectivity index is 1.56. The van der Waals surface area contributed by atoms with Crippen LogP contribution < -0.4 is 10.6 Å². The lowest BCUT2D eigenvalue weighted by Crippen LogP contribution is -2.46. The van der Waals surface area contributed by atoms with E-state index in [1.807, 2.05) is 6.92 Å². The van der Waals surface area contributed by atoms with Crippen molar-refractivity contribution in [2.75, 3.05) is 11.4 Å². The minimum Gasteiger partial charge on any atom is -0.332 e. The number of aromatic nitrogens is 2. The SMILES string of the molecule is C[C@H]1Cn2ncc(N3CC(N)CC3=O)c2CN1C(=O)Cc1cc(F)c(F)c(F)c1. The van der Waals surface area contributed by atoms with Crippen molar-refractivity contribution in [2.45, 2.75) is 44.9 Å². The maximum atomic E-state index is 13.5. The molecule has 7 nitrogen and oxygen atoms in total. The van der Waals surface area contributed by atoms with Crippen LogP contribution in [0.2, 0.25) is 0 Å². The van der Waals surface area contributed by atoms with E-state index in [2.05, 4.69) is 5.10 Å². The number of carbonyl (C=O) groups excluding carboxylic acids is 2. The summed E-state index contributed by atoms with van der Waals surface area (Å²) in [6, 6.07) is 1.19. The second-order valence-corrected chi connectivity index (χ2v) is 7.55. The molecule has 2 aliphatic heterocycles. The lowest BCUT2D eigenvalue weighted by Gasteiger charge is -2.35. The van der Waals surface area contributed by atoms with Crippen molar-refractivity contribution < 1.29 is 22.8 Å². The minimum absolute atomic E-state index is 0.0543. The lowest BCUT2D eigenvalue weighted by atomic mass is 10.1. The van der Waals surface area contributed by atoms with E-state index in [0.29, 0.717) is 24.5 Å². The van der Waals surface area contributed by atoms with Gasteiger partial charge in [-0.15, -0.1) is 0 Å². The number of nitrogens with zero attached hydrogens (tertiary/aromatic N) is 4. The van der Waals surface area contributed by atoms with Crippen LogP contribution in [0.5, 0.6) is 0 Å². The molecule has 0 saturated carbocycles. The predicted molar refractivity (Wildman–Crippen MR) is 97.2 cm³/mol. The van der Waals surface area contributed by atoms with E-state index < -0.39 is 17.5 Å².